The Labute approximate surface area is 146 Å². The zero-order valence-electron chi connectivity index (χ0n) is 14.0. The molecule has 1 heterocycles. The molecule has 0 aliphatic heterocycles. The molecule has 2 aromatic carbocycles. The summed E-state index contributed by atoms with van der Waals surface area (Å²) in [5, 5.41) is 9.28. The second-order valence-electron chi connectivity index (χ2n) is 5.78. The summed E-state index contributed by atoms with van der Waals surface area (Å²) < 4.78 is 46.2. The Kier molecular flexibility index (Phi) is 4.54. The van der Waals surface area contributed by atoms with Crippen LogP contribution in [0.25, 0.3) is 5.69 Å². The van der Waals surface area contributed by atoms with Gasteiger partial charge >= 0.3 is 11.9 Å². The lowest BCUT2D eigenvalue weighted by Gasteiger charge is -2.17. The number of tetrazole rings is 1. The third-order valence-corrected chi connectivity index (χ3v) is 3.90. The maximum Gasteiger partial charge on any atom is 0.419 e. The van der Waals surface area contributed by atoms with Crippen molar-refractivity contribution in [2.24, 2.45) is 0 Å². The van der Waals surface area contributed by atoms with Gasteiger partial charge in [0.05, 0.1) is 11.3 Å². The number of aryl methyl sites for hydroxylation is 2. The van der Waals surface area contributed by atoms with E-state index in [0.29, 0.717) is 16.8 Å². The molecule has 6 nitrogen and oxygen atoms in total. The fraction of sp³-hybridized carbons (Fsp3) is 0.235. The predicted octanol–water partition coefficient (Wildman–Crippen LogP) is 3.17. The first kappa shape index (κ1) is 17.7. The quantitative estimate of drug-likeness (QED) is 0.772. The van der Waals surface area contributed by atoms with E-state index in [1.165, 1.54) is 6.07 Å². The number of nitrogens with zero attached hydrogens (tertiary/aromatic N) is 3. The molecule has 0 aliphatic carbocycles. The second kappa shape index (κ2) is 6.66. The van der Waals surface area contributed by atoms with E-state index >= 15 is 0 Å². The van der Waals surface area contributed by atoms with Crippen LogP contribution in [0.3, 0.4) is 0 Å². The Morgan fingerprint density at radius 2 is 1.96 bits per heavy atom. The summed E-state index contributed by atoms with van der Waals surface area (Å²) in [6.07, 6.45) is -4.53. The van der Waals surface area contributed by atoms with Crippen molar-refractivity contribution in [3.05, 3.63) is 69.1 Å². The zero-order valence-corrected chi connectivity index (χ0v) is 14.0. The summed E-state index contributed by atoms with van der Waals surface area (Å²) in [6.45, 7) is 3.19. The third kappa shape index (κ3) is 3.46. The van der Waals surface area contributed by atoms with Crippen molar-refractivity contribution in [1.82, 2.24) is 20.2 Å². The van der Waals surface area contributed by atoms with Crippen molar-refractivity contribution in [2.75, 3.05) is 0 Å². The maximum absolute atomic E-state index is 13.2. The molecule has 3 rings (SSSR count). The highest BCUT2D eigenvalue weighted by molar-refractivity contribution is 5.45. The van der Waals surface area contributed by atoms with Gasteiger partial charge in [-0.3, -0.25) is 0 Å². The smallest absolute Gasteiger partial charge is 0.419 e. The molecule has 26 heavy (non-hydrogen) atoms. The van der Waals surface area contributed by atoms with Gasteiger partial charge in [-0.1, -0.05) is 23.8 Å². The van der Waals surface area contributed by atoms with E-state index in [1.54, 1.807) is 38.1 Å². The lowest BCUT2D eigenvalue weighted by atomic mass is 10.1. The lowest BCUT2D eigenvalue weighted by Crippen LogP contribution is -2.19. The molecule has 0 radical (unpaired) electrons. The standard InChI is InChI=1S/C17H15F3N4O2/c1-10-6-7-15(13(8-10)17(18,19)20)26-9-12-11(2)4-3-5-14(12)24-16(25)21-22-23-24/h3-8H,9H2,1-2H3,(H,21,23,25). The highest BCUT2D eigenvalue weighted by Gasteiger charge is 2.34. The van der Waals surface area contributed by atoms with Gasteiger partial charge in [0.1, 0.15) is 12.4 Å². The monoisotopic (exact) mass is 364 g/mol. The van der Waals surface area contributed by atoms with Gasteiger partial charge in [-0.15, -0.1) is 0 Å². The van der Waals surface area contributed by atoms with Crippen LogP contribution in [0.15, 0.2) is 41.2 Å². The Balaban J connectivity index is 1.97. The number of hydrogen-bond acceptors (Lipinski definition) is 4. The number of nitrogens with one attached hydrogen (secondary N) is 1. The van der Waals surface area contributed by atoms with Crippen LogP contribution < -0.4 is 10.4 Å². The fourth-order valence-corrected chi connectivity index (χ4v) is 2.57. The van der Waals surface area contributed by atoms with Gasteiger partial charge in [0.2, 0.25) is 0 Å². The molecule has 0 atom stereocenters. The first-order chi connectivity index (χ1) is 12.3. The normalized spacial score (nSPS) is 11.6. The molecule has 0 bridgehead atoms. The number of benzene rings is 2. The number of alkyl halides is 3. The minimum atomic E-state index is -4.53. The number of aromatic amines is 1. The minimum Gasteiger partial charge on any atom is -0.488 e. The Bertz CT molecular complexity index is 992. The van der Waals surface area contributed by atoms with Crippen molar-refractivity contribution in [1.29, 1.82) is 0 Å². The molecule has 0 fully saturated rings. The van der Waals surface area contributed by atoms with E-state index in [2.05, 4.69) is 15.5 Å². The van der Waals surface area contributed by atoms with Gasteiger partial charge in [-0.25, -0.2) is 9.89 Å². The van der Waals surface area contributed by atoms with Crippen LogP contribution in [-0.2, 0) is 12.8 Å². The molecule has 0 amide bonds. The molecule has 0 saturated heterocycles. The van der Waals surface area contributed by atoms with E-state index in [9.17, 15) is 18.0 Å². The molecule has 9 heteroatoms. The Hall–Kier alpha value is -3.10. The van der Waals surface area contributed by atoms with Crippen LogP contribution in [0.4, 0.5) is 13.2 Å². The molecular weight excluding hydrogens is 349 g/mol. The molecular formula is C17H15F3N4O2. The second-order valence-corrected chi connectivity index (χ2v) is 5.78. The molecule has 1 N–H and O–H groups in total. The van der Waals surface area contributed by atoms with E-state index in [4.69, 9.17) is 4.74 Å². The average molecular weight is 364 g/mol. The van der Waals surface area contributed by atoms with Crippen LogP contribution in [0, 0.1) is 13.8 Å². The molecule has 1 aromatic heterocycles. The third-order valence-electron chi connectivity index (χ3n) is 3.90. The summed E-state index contributed by atoms with van der Waals surface area (Å²) in [5.74, 6) is -0.273. The van der Waals surface area contributed by atoms with Gasteiger partial charge in [0, 0.05) is 5.56 Å². The zero-order chi connectivity index (χ0) is 18.9. The van der Waals surface area contributed by atoms with Crippen LogP contribution in [0.1, 0.15) is 22.3 Å². The minimum absolute atomic E-state index is 0.159. The molecule has 0 saturated carbocycles. The Morgan fingerprint density at radius 1 is 1.19 bits per heavy atom. The number of ether oxygens (including phenoxy) is 1. The SMILES string of the molecule is Cc1ccc(OCc2c(C)cccc2-n2nn[nH]c2=O)c(C(F)(F)F)c1. The molecule has 0 unspecified atom stereocenters. The van der Waals surface area contributed by atoms with Gasteiger partial charge in [-0.2, -0.15) is 17.9 Å². The van der Waals surface area contributed by atoms with Crippen molar-refractivity contribution >= 4 is 0 Å². The largest absolute Gasteiger partial charge is 0.488 e. The van der Waals surface area contributed by atoms with E-state index < -0.39 is 17.4 Å². The number of H-pyrrole nitrogens is 1. The average Bonchev–Trinajstić information content (AvgIpc) is 2.99. The van der Waals surface area contributed by atoms with Crippen molar-refractivity contribution in [3.8, 4) is 11.4 Å². The summed E-state index contributed by atoms with van der Waals surface area (Å²) >= 11 is 0. The fourth-order valence-electron chi connectivity index (χ4n) is 2.57. The molecule has 136 valence electrons. The van der Waals surface area contributed by atoms with E-state index in [1.807, 2.05) is 0 Å². The Morgan fingerprint density at radius 3 is 2.62 bits per heavy atom. The van der Waals surface area contributed by atoms with Crippen molar-refractivity contribution in [3.63, 3.8) is 0 Å². The number of rotatable bonds is 4. The van der Waals surface area contributed by atoms with E-state index in [-0.39, 0.29) is 12.4 Å². The first-order valence-electron chi connectivity index (χ1n) is 7.67. The number of halogens is 3. The van der Waals surface area contributed by atoms with Gasteiger partial charge < -0.3 is 4.74 Å². The van der Waals surface area contributed by atoms with E-state index in [0.717, 1.165) is 16.3 Å². The summed E-state index contributed by atoms with van der Waals surface area (Å²) in [7, 11) is 0. The number of aromatic nitrogens is 4. The summed E-state index contributed by atoms with van der Waals surface area (Å²) in [4.78, 5) is 11.8. The van der Waals surface area contributed by atoms with Crippen LogP contribution in [-0.4, -0.2) is 20.2 Å². The number of hydrogen-bond donors (Lipinski definition) is 1. The van der Waals surface area contributed by atoms with Crippen molar-refractivity contribution in [2.45, 2.75) is 26.6 Å². The first-order valence-corrected chi connectivity index (χ1v) is 7.67. The van der Waals surface area contributed by atoms with Gasteiger partial charge in [-0.05, 0) is 48.0 Å². The van der Waals surface area contributed by atoms with Crippen LogP contribution >= 0.6 is 0 Å². The van der Waals surface area contributed by atoms with Crippen LogP contribution in [0.2, 0.25) is 0 Å². The predicted molar refractivity (Wildman–Crippen MR) is 87.2 cm³/mol. The maximum atomic E-state index is 13.2. The lowest BCUT2D eigenvalue weighted by molar-refractivity contribution is -0.139. The van der Waals surface area contributed by atoms with Gasteiger partial charge in [0.15, 0.2) is 0 Å². The topological polar surface area (TPSA) is 72.8 Å². The molecule has 0 spiro atoms. The van der Waals surface area contributed by atoms with Gasteiger partial charge in [0.25, 0.3) is 0 Å². The summed E-state index contributed by atoms with van der Waals surface area (Å²) in [5.41, 5.74) is 0.768. The highest BCUT2D eigenvalue weighted by atomic mass is 19.4. The van der Waals surface area contributed by atoms with Crippen LogP contribution in [0.5, 0.6) is 5.75 Å². The molecule has 0 aliphatic rings. The summed E-state index contributed by atoms with van der Waals surface area (Å²) in [6, 6.07) is 8.98. The molecule has 3 aromatic rings. The van der Waals surface area contributed by atoms with Crippen molar-refractivity contribution < 1.29 is 17.9 Å². The highest BCUT2D eigenvalue weighted by Crippen LogP contribution is 2.37.